The Labute approximate surface area is 93.7 Å². The molecule has 0 radical (unpaired) electrons. The zero-order chi connectivity index (χ0) is 11.3. The van der Waals surface area contributed by atoms with Gasteiger partial charge in [-0.05, 0) is 18.6 Å². The van der Waals surface area contributed by atoms with E-state index < -0.39 is 0 Å². The van der Waals surface area contributed by atoms with Crippen LogP contribution in [0.1, 0.15) is 22.3 Å². The molecule has 4 heteroatoms. The number of carbonyl (C=O) groups is 1. The van der Waals surface area contributed by atoms with Crippen molar-refractivity contribution in [3.8, 4) is 6.07 Å². The molecule has 0 saturated carbocycles. The molecule has 1 aromatic carbocycles. The van der Waals surface area contributed by atoms with Crippen molar-refractivity contribution in [3.63, 3.8) is 0 Å². The number of nitrogens with zero attached hydrogens (tertiary/aromatic N) is 1. The van der Waals surface area contributed by atoms with Crippen LogP contribution in [0.2, 0.25) is 5.02 Å². The molecule has 15 heavy (non-hydrogen) atoms. The van der Waals surface area contributed by atoms with Crippen LogP contribution < -0.4 is 5.32 Å². The van der Waals surface area contributed by atoms with E-state index in [1.807, 2.05) is 19.1 Å². The summed E-state index contributed by atoms with van der Waals surface area (Å²) in [4.78, 5) is 11.6. The highest BCUT2D eigenvalue weighted by molar-refractivity contribution is 6.34. The maximum absolute atomic E-state index is 11.6. The Bertz CT molecular complexity index is 410. The summed E-state index contributed by atoms with van der Waals surface area (Å²) in [7, 11) is 0. The largest absolute Gasteiger partial charge is 0.351 e. The van der Waals surface area contributed by atoms with Crippen LogP contribution >= 0.6 is 11.6 Å². The minimum atomic E-state index is -0.237. The number of carbonyl (C=O) groups excluding carboxylic acids is 1. The molecule has 0 aliphatic heterocycles. The third kappa shape index (κ3) is 2.97. The van der Waals surface area contributed by atoms with Gasteiger partial charge in [0, 0.05) is 6.54 Å². The highest BCUT2D eigenvalue weighted by atomic mass is 35.5. The summed E-state index contributed by atoms with van der Waals surface area (Å²) in [5.41, 5.74) is 1.32. The molecule has 0 atom stereocenters. The SMILES string of the molecule is Cc1cccc(C(=O)NCCC#N)c1Cl. The van der Waals surface area contributed by atoms with E-state index in [2.05, 4.69) is 5.32 Å². The standard InChI is InChI=1S/C11H11ClN2O/c1-8-4-2-5-9(10(8)12)11(15)14-7-3-6-13/h2,4-5H,3,7H2,1H3,(H,14,15). The second-order valence-electron chi connectivity index (χ2n) is 3.10. The second-order valence-corrected chi connectivity index (χ2v) is 3.48. The number of aryl methyl sites for hydroxylation is 1. The quantitative estimate of drug-likeness (QED) is 0.798. The van der Waals surface area contributed by atoms with Gasteiger partial charge in [-0.3, -0.25) is 4.79 Å². The molecular weight excluding hydrogens is 212 g/mol. The molecule has 0 spiro atoms. The van der Waals surface area contributed by atoms with Crippen molar-refractivity contribution in [2.75, 3.05) is 6.54 Å². The number of hydrogen-bond donors (Lipinski definition) is 1. The van der Waals surface area contributed by atoms with Gasteiger partial charge in [-0.1, -0.05) is 23.7 Å². The first-order chi connectivity index (χ1) is 7.16. The van der Waals surface area contributed by atoms with E-state index >= 15 is 0 Å². The molecule has 1 amide bonds. The molecule has 0 unspecified atom stereocenters. The van der Waals surface area contributed by atoms with Gasteiger partial charge in [0.05, 0.1) is 23.1 Å². The van der Waals surface area contributed by atoms with Crippen LogP contribution in [-0.2, 0) is 0 Å². The Kier molecular flexibility index (Phi) is 4.14. The van der Waals surface area contributed by atoms with E-state index in [0.717, 1.165) is 5.56 Å². The van der Waals surface area contributed by atoms with Crippen molar-refractivity contribution in [2.24, 2.45) is 0 Å². The summed E-state index contributed by atoms with van der Waals surface area (Å²) in [6.07, 6.45) is 0.301. The summed E-state index contributed by atoms with van der Waals surface area (Å²) in [5.74, 6) is -0.237. The molecule has 78 valence electrons. The predicted molar refractivity (Wildman–Crippen MR) is 58.8 cm³/mol. The lowest BCUT2D eigenvalue weighted by Crippen LogP contribution is -2.24. The molecular formula is C11H11ClN2O. The minimum absolute atomic E-state index is 0.237. The first-order valence-electron chi connectivity index (χ1n) is 4.57. The topological polar surface area (TPSA) is 52.9 Å². The fraction of sp³-hybridized carbons (Fsp3) is 0.273. The lowest BCUT2D eigenvalue weighted by Gasteiger charge is -2.06. The summed E-state index contributed by atoms with van der Waals surface area (Å²) >= 11 is 5.98. The number of rotatable bonds is 3. The van der Waals surface area contributed by atoms with Crippen molar-refractivity contribution in [3.05, 3.63) is 34.3 Å². The summed E-state index contributed by atoms with van der Waals surface area (Å²) in [6.45, 7) is 2.19. The molecule has 0 bridgehead atoms. The van der Waals surface area contributed by atoms with Crippen LogP contribution in [0.3, 0.4) is 0 Å². The zero-order valence-corrected chi connectivity index (χ0v) is 9.14. The van der Waals surface area contributed by atoms with Crippen LogP contribution in [0.25, 0.3) is 0 Å². The number of hydrogen-bond acceptors (Lipinski definition) is 2. The number of halogens is 1. The maximum Gasteiger partial charge on any atom is 0.252 e. The van der Waals surface area contributed by atoms with E-state index in [-0.39, 0.29) is 5.91 Å². The van der Waals surface area contributed by atoms with Crippen LogP contribution in [0.4, 0.5) is 0 Å². The summed E-state index contributed by atoms with van der Waals surface area (Å²) < 4.78 is 0. The summed E-state index contributed by atoms with van der Waals surface area (Å²) in [5, 5.41) is 11.4. The van der Waals surface area contributed by atoms with E-state index in [9.17, 15) is 4.79 Å². The third-order valence-corrected chi connectivity index (χ3v) is 2.46. The van der Waals surface area contributed by atoms with Crippen LogP contribution in [-0.4, -0.2) is 12.5 Å². The average molecular weight is 223 g/mol. The van der Waals surface area contributed by atoms with E-state index in [1.54, 1.807) is 12.1 Å². The Balaban J connectivity index is 2.75. The average Bonchev–Trinajstić information content (AvgIpc) is 2.22. The third-order valence-electron chi connectivity index (χ3n) is 1.96. The van der Waals surface area contributed by atoms with Gasteiger partial charge in [-0.25, -0.2) is 0 Å². The van der Waals surface area contributed by atoms with Gasteiger partial charge in [-0.2, -0.15) is 5.26 Å². The predicted octanol–water partition coefficient (Wildman–Crippen LogP) is 2.29. The Hall–Kier alpha value is -1.53. The number of amides is 1. The van der Waals surface area contributed by atoms with Crippen molar-refractivity contribution in [1.29, 1.82) is 5.26 Å². The number of benzene rings is 1. The van der Waals surface area contributed by atoms with Crippen LogP contribution in [0.15, 0.2) is 18.2 Å². The smallest absolute Gasteiger partial charge is 0.252 e. The van der Waals surface area contributed by atoms with E-state index in [4.69, 9.17) is 16.9 Å². The zero-order valence-electron chi connectivity index (χ0n) is 8.38. The molecule has 0 fully saturated rings. The fourth-order valence-corrected chi connectivity index (χ4v) is 1.36. The fourth-order valence-electron chi connectivity index (χ4n) is 1.15. The first kappa shape index (κ1) is 11.5. The molecule has 1 aromatic rings. The Morgan fingerprint density at radius 3 is 3.00 bits per heavy atom. The van der Waals surface area contributed by atoms with Crippen molar-refractivity contribution in [2.45, 2.75) is 13.3 Å². The summed E-state index contributed by atoms with van der Waals surface area (Å²) in [6, 6.07) is 7.24. The number of nitrogens with one attached hydrogen (secondary N) is 1. The highest BCUT2D eigenvalue weighted by Crippen LogP contribution is 2.19. The lowest BCUT2D eigenvalue weighted by molar-refractivity contribution is 0.0954. The van der Waals surface area contributed by atoms with Gasteiger partial charge in [0.15, 0.2) is 0 Å². The Morgan fingerprint density at radius 1 is 1.60 bits per heavy atom. The van der Waals surface area contributed by atoms with Gasteiger partial charge in [0.1, 0.15) is 0 Å². The molecule has 0 heterocycles. The van der Waals surface area contributed by atoms with Crippen molar-refractivity contribution in [1.82, 2.24) is 5.32 Å². The minimum Gasteiger partial charge on any atom is -0.351 e. The van der Waals surface area contributed by atoms with Gasteiger partial charge in [0.2, 0.25) is 0 Å². The lowest BCUT2D eigenvalue weighted by atomic mass is 10.1. The molecule has 1 N–H and O–H groups in total. The molecule has 0 saturated heterocycles. The normalized spacial score (nSPS) is 9.40. The maximum atomic E-state index is 11.6. The molecule has 1 rings (SSSR count). The second kappa shape index (κ2) is 5.38. The Morgan fingerprint density at radius 2 is 2.33 bits per heavy atom. The molecule has 0 aliphatic carbocycles. The van der Waals surface area contributed by atoms with Crippen molar-refractivity contribution < 1.29 is 4.79 Å². The van der Waals surface area contributed by atoms with E-state index in [0.29, 0.717) is 23.6 Å². The van der Waals surface area contributed by atoms with E-state index in [1.165, 1.54) is 0 Å². The van der Waals surface area contributed by atoms with Gasteiger partial charge in [-0.15, -0.1) is 0 Å². The van der Waals surface area contributed by atoms with Crippen LogP contribution in [0.5, 0.6) is 0 Å². The van der Waals surface area contributed by atoms with Gasteiger partial charge in [0.25, 0.3) is 5.91 Å². The highest BCUT2D eigenvalue weighted by Gasteiger charge is 2.10. The molecule has 0 aromatic heterocycles. The van der Waals surface area contributed by atoms with Crippen LogP contribution in [0, 0.1) is 18.3 Å². The first-order valence-corrected chi connectivity index (χ1v) is 4.95. The van der Waals surface area contributed by atoms with Crippen molar-refractivity contribution >= 4 is 17.5 Å². The molecule has 0 aliphatic rings. The van der Waals surface area contributed by atoms with Gasteiger partial charge >= 0.3 is 0 Å². The van der Waals surface area contributed by atoms with Gasteiger partial charge < -0.3 is 5.32 Å². The molecule has 3 nitrogen and oxygen atoms in total. The monoisotopic (exact) mass is 222 g/mol. The number of nitriles is 1.